The fraction of sp³-hybridized carbons (Fsp3) is 0.217. The highest BCUT2D eigenvalue weighted by Crippen LogP contribution is 2.16. The predicted molar refractivity (Wildman–Crippen MR) is 116 cm³/mol. The summed E-state index contributed by atoms with van der Waals surface area (Å²) in [4.78, 5) is 25.1. The molecule has 0 radical (unpaired) electrons. The molecule has 164 valence electrons. The maximum atomic E-state index is 13.7. The molecule has 2 aromatic carbocycles. The van der Waals surface area contributed by atoms with Crippen LogP contribution in [0.1, 0.15) is 24.7 Å². The number of benzene rings is 2. The summed E-state index contributed by atoms with van der Waals surface area (Å²) in [6.45, 7) is 3.53. The molecule has 4 rings (SSSR count). The van der Waals surface area contributed by atoms with E-state index in [0.29, 0.717) is 29.2 Å². The predicted octanol–water partition coefficient (Wildman–Crippen LogP) is 3.67. The molecule has 0 fully saturated rings. The first-order chi connectivity index (χ1) is 15.3. The molecule has 32 heavy (non-hydrogen) atoms. The molecule has 0 aliphatic carbocycles. The Bertz CT molecular complexity index is 1360. The number of hydrogen-bond acceptors (Lipinski definition) is 4. The van der Waals surface area contributed by atoms with Crippen molar-refractivity contribution in [1.29, 1.82) is 0 Å². The SMILES string of the molecule is Cc1ccc(NC(=O)CC(C)Cc2nnc3c(=O)n(-c4cccc(F)c4)ccn23)cc1F. The van der Waals surface area contributed by atoms with Crippen LogP contribution in [0.5, 0.6) is 0 Å². The number of fused-ring (bicyclic) bond motifs is 1. The van der Waals surface area contributed by atoms with E-state index in [1.165, 1.54) is 35.0 Å². The summed E-state index contributed by atoms with van der Waals surface area (Å²) in [7, 11) is 0. The third-order valence-corrected chi connectivity index (χ3v) is 5.15. The number of nitrogens with zero attached hydrogens (tertiary/aromatic N) is 4. The lowest BCUT2D eigenvalue weighted by Crippen LogP contribution is -2.21. The van der Waals surface area contributed by atoms with E-state index in [4.69, 9.17) is 0 Å². The van der Waals surface area contributed by atoms with Crippen molar-refractivity contribution < 1.29 is 13.6 Å². The zero-order valence-corrected chi connectivity index (χ0v) is 17.5. The molecule has 1 atom stereocenters. The minimum absolute atomic E-state index is 0.108. The van der Waals surface area contributed by atoms with Gasteiger partial charge in [0.1, 0.15) is 17.5 Å². The highest BCUT2D eigenvalue weighted by atomic mass is 19.1. The Hall–Kier alpha value is -3.88. The Balaban J connectivity index is 1.48. The molecule has 0 bridgehead atoms. The number of rotatable bonds is 6. The number of aromatic nitrogens is 4. The van der Waals surface area contributed by atoms with Crippen molar-refractivity contribution in [2.45, 2.75) is 26.7 Å². The lowest BCUT2D eigenvalue weighted by Gasteiger charge is -2.11. The Kier molecular flexibility index (Phi) is 5.81. The Labute approximate surface area is 182 Å². The van der Waals surface area contributed by atoms with E-state index in [2.05, 4.69) is 15.5 Å². The first kappa shape index (κ1) is 21.4. The van der Waals surface area contributed by atoms with Crippen molar-refractivity contribution in [2.24, 2.45) is 5.92 Å². The largest absolute Gasteiger partial charge is 0.326 e. The van der Waals surface area contributed by atoms with E-state index in [0.717, 1.165) is 0 Å². The van der Waals surface area contributed by atoms with Crippen LogP contribution in [0.4, 0.5) is 14.5 Å². The molecule has 4 aromatic rings. The number of carbonyl (C=O) groups is 1. The van der Waals surface area contributed by atoms with Crippen molar-refractivity contribution in [3.8, 4) is 5.69 Å². The van der Waals surface area contributed by atoms with E-state index < -0.39 is 11.4 Å². The molecule has 0 saturated carbocycles. The Morgan fingerprint density at radius 2 is 1.94 bits per heavy atom. The topological polar surface area (TPSA) is 81.3 Å². The molecule has 2 heterocycles. The number of nitrogens with one attached hydrogen (secondary N) is 1. The summed E-state index contributed by atoms with van der Waals surface area (Å²) in [5.41, 5.74) is 0.976. The van der Waals surface area contributed by atoms with Gasteiger partial charge in [0, 0.05) is 30.9 Å². The van der Waals surface area contributed by atoms with E-state index in [1.54, 1.807) is 35.7 Å². The smallest absolute Gasteiger partial charge is 0.300 e. The fourth-order valence-corrected chi connectivity index (χ4v) is 3.49. The molecule has 0 spiro atoms. The van der Waals surface area contributed by atoms with Crippen molar-refractivity contribution in [2.75, 3.05) is 5.32 Å². The average molecular weight is 437 g/mol. The van der Waals surface area contributed by atoms with Gasteiger partial charge < -0.3 is 5.32 Å². The van der Waals surface area contributed by atoms with E-state index in [-0.39, 0.29) is 29.7 Å². The van der Waals surface area contributed by atoms with E-state index in [1.807, 2.05) is 6.92 Å². The molecule has 9 heteroatoms. The molecule has 0 aliphatic heterocycles. The third-order valence-electron chi connectivity index (χ3n) is 5.15. The number of amides is 1. The highest BCUT2D eigenvalue weighted by molar-refractivity contribution is 5.90. The number of carbonyl (C=O) groups excluding carboxylic acids is 1. The molecule has 1 N–H and O–H groups in total. The standard InChI is InChI=1S/C23H21F2N5O2/c1-14(11-21(31)26-17-7-6-15(2)19(25)13-17)10-20-27-28-22-23(32)29(8-9-30(20)22)18-5-3-4-16(24)12-18/h3-9,12-14H,10-11H2,1-2H3,(H,26,31). The second kappa shape index (κ2) is 8.70. The van der Waals surface area contributed by atoms with Crippen LogP contribution in [0.15, 0.2) is 59.7 Å². The zero-order valence-electron chi connectivity index (χ0n) is 17.5. The van der Waals surface area contributed by atoms with Crippen LogP contribution in [0.2, 0.25) is 0 Å². The molecular weight excluding hydrogens is 416 g/mol. The number of aryl methyl sites for hydroxylation is 1. The van der Waals surface area contributed by atoms with Crippen molar-refractivity contribution in [1.82, 2.24) is 19.2 Å². The zero-order chi connectivity index (χ0) is 22.8. The number of anilines is 1. The molecular formula is C23H21F2N5O2. The maximum Gasteiger partial charge on any atom is 0.300 e. The summed E-state index contributed by atoms with van der Waals surface area (Å²) in [6.07, 6.45) is 3.75. The van der Waals surface area contributed by atoms with Gasteiger partial charge in [-0.1, -0.05) is 19.1 Å². The van der Waals surface area contributed by atoms with Gasteiger partial charge in [0.2, 0.25) is 11.6 Å². The molecule has 1 amide bonds. The lowest BCUT2D eigenvalue weighted by atomic mass is 10.0. The Morgan fingerprint density at radius 1 is 1.12 bits per heavy atom. The summed E-state index contributed by atoms with van der Waals surface area (Å²) < 4.78 is 30.1. The minimum Gasteiger partial charge on any atom is -0.326 e. The normalized spacial score (nSPS) is 12.1. The van der Waals surface area contributed by atoms with Gasteiger partial charge >= 0.3 is 5.56 Å². The molecule has 0 aliphatic rings. The van der Waals surface area contributed by atoms with E-state index >= 15 is 0 Å². The molecule has 1 unspecified atom stereocenters. The van der Waals surface area contributed by atoms with Crippen LogP contribution < -0.4 is 10.9 Å². The van der Waals surface area contributed by atoms with Gasteiger partial charge in [-0.25, -0.2) is 8.78 Å². The second-order valence-electron chi connectivity index (χ2n) is 7.79. The van der Waals surface area contributed by atoms with Crippen LogP contribution in [-0.4, -0.2) is 25.1 Å². The van der Waals surface area contributed by atoms with Crippen molar-refractivity contribution >= 4 is 17.2 Å². The first-order valence-corrected chi connectivity index (χ1v) is 10.1. The monoisotopic (exact) mass is 437 g/mol. The second-order valence-corrected chi connectivity index (χ2v) is 7.79. The van der Waals surface area contributed by atoms with Gasteiger partial charge in [-0.05, 0) is 48.7 Å². The van der Waals surface area contributed by atoms with Gasteiger partial charge in [-0.2, -0.15) is 0 Å². The summed E-state index contributed by atoms with van der Waals surface area (Å²) in [5.74, 6) is -0.650. The molecule has 0 saturated heterocycles. The minimum atomic E-state index is -0.447. The summed E-state index contributed by atoms with van der Waals surface area (Å²) >= 11 is 0. The summed E-state index contributed by atoms with van der Waals surface area (Å²) in [5, 5.41) is 10.8. The Morgan fingerprint density at radius 3 is 2.69 bits per heavy atom. The van der Waals surface area contributed by atoms with E-state index in [9.17, 15) is 18.4 Å². The van der Waals surface area contributed by atoms with Gasteiger partial charge in [-0.15, -0.1) is 10.2 Å². The van der Waals surface area contributed by atoms with Crippen LogP contribution in [-0.2, 0) is 11.2 Å². The maximum absolute atomic E-state index is 13.7. The fourth-order valence-electron chi connectivity index (χ4n) is 3.49. The first-order valence-electron chi connectivity index (χ1n) is 10.1. The quantitative estimate of drug-likeness (QED) is 0.499. The van der Waals surface area contributed by atoms with Crippen LogP contribution in [0.25, 0.3) is 11.3 Å². The molecule has 2 aromatic heterocycles. The number of halogens is 2. The summed E-state index contributed by atoms with van der Waals surface area (Å²) in [6, 6.07) is 10.2. The lowest BCUT2D eigenvalue weighted by molar-refractivity contribution is -0.116. The van der Waals surface area contributed by atoms with Gasteiger partial charge in [0.15, 0.2) is 0 Å². The number of hydrogen-bond donors (Lipinski definition) is 1. The highest BCUT2D eigenvalue weighted by Gasteiger charge is 2.17. The average Bonchev–Trinajstić information content (AvgIpc) is 3.14. The van der Waals surface area contributed by atoms with Crippen LogP contribution in [0.3, 0.4) is 0 Å². The van der Waals surface area contributed by atoms with Crippen molar-refractivity contribution in [3.05, 3.63) is 88.2 Å². The van der Waals surface area contributed by atoms with Gasteiger partial charge in [0.05, 0.1) is 5.69 Å². The van der Waals surface area contributed by atoms with Crippen LogP contribution in [0, 0.1) is 24.5 Å². The van der Waals surface area contributed by atoms with Gasteiger partial charge in [0.25, 0.3) is 0 Å². The molecule has 7 nitrogen and oxygen atoms in total. The van der Waals surface area contributed by atoms with Crippen molar-refractivity contribution in [3.63, 3.8) is 0 Å². The van der Waals surface area contributed by atoms with Crippen LogP contribution >= 0.6 is 0 Å². The third kappa shape index (κ3) is 4.41. The van der Waals surface area contributed by atoms with Gasteiger partial charge in [-0.3, -0.25) is 18.6 Å².